The SMILES string of the molecule is CNCC1CCCCCC1c1ccc(OC)cc1F. The topological polar surface area (TPSA) is 21.3 Å². The van der Waals surface area contributed by atoms with Crippen molar-refractivity contribution < 1.29 is 9.13 Å². The van der Waals surface area contributed by atoms with E-state index < -0.39 is 0 Å². The van der Waals surface area contributed by atoms with E-state index in [1.807, 2.05) is 19.2 Å². The Morgan fingerprint density at radius 3 is 2.74 bits per heavy atom. The van der Waals surface area contributed by atoms with Crippen molar-refractivity contribution in [3.8, 4) is 5.75 Å². The summed E-state index contributed by atoms with van der Waals surface area (Å²) in [6.45, 7) is 0.968. The van der Waals surface area contributed by atoms with E-state index in [0.717, 1.165) is 18.5 Å². The van der Waals surface area contributed by atoms with Gasteiger partial charge in [0.15, 0.2) is 0 Å². The van der Waals surface area contributed by atoms with Crippen LogP contribution in [0.1, 0.15) is 43.6 Å². The molecule has 2 rings (SSSR count). The molecule has 2 nitrogen and oxygen atoms in total. The molecule has 1 saturated carbocycles. The molecule has 0 saturated heterocycles. The lowest BCUT2D eigenvalue weighted by Crippen LogP contribution is -2.24. The molecule has 1 aliphatic carbocycles. The summed E-state index contributed by atoms with van der Waals surface area (Å²) in [7, 11) is 3.55. The fraction of sp³-hybridized carbons (Fsp3) is 0.625. The molecule has 1 fully saturated rings. The Kier molecular flexibility index (Phi) is 5.20. The van der Waals surface area contributed by atoms with Gasteiger partial charge in [0.1, 0.15) is 11.6 Å². The molecule has 2 unspecified atom stereocenters. The van der Waals surface area contributed by atoms with Crippen LogP contribution in [0.4, 0.5) is 4.39 Å². The van der Waals surface area contributed by atoms with E-state index in [2.05, 4.69) is 5.32 Å². The normalized spacial score (nSPS) is 23.9. The molecule has 0 aromatic heterocycles. The number of methoxy groups -OCH3 is 1. The maximum absolute atomic E-state index is 14.3. The largest absolute Gasteiger partial charge is 0.497 e. The maximum Gasteiger partial charge on any atom is 0.130 e. The minimum Gasteiger partial charge on any atom is -0.497 e. The average molecular weight is 265 g/mol. The number of halogens is 1. The molecule has 0 radical (unpaired) electrons. The van der Waals surface area contributed by atoms with Crippen molar-refractivity contribution in [2.24, 2.45) is 5.92 Å². The molecular formula is C16H24FNO. The van der Waals surface area contributed by atoms with Crippen molar-refractivity contribution >= 4 is 0 Å². The van der Waals surface area contributed by atoms with Gasteiger partial charge in [-0.15, -0.1) is 0 Å². The molecule has 3 heteroatoms. The summed E-state index contributed by atoms with van der Waals surface area (Å²) in [6.07, 6.45) is 6.03. The van der Waals surface area contributed by atoms with Crippen molar-refractivity contribution in [2.75, 3.05) is 20.7 Å². The second-order valence-corrected chi connectivity index (χ2v) is 5.45. The molecule has 2 atom stereocenters. The Hall–Kier alpha value is -1.09. The molecule has 19 heavy (non-hydrogen) atoms. The van der Waals surface area contributed by atoms with Crippen LogP contribution in [0.2, 0.25) is 0 Å². The standard InChI is InChI=1S/C16H24FNO/c1-18-11-12-6-4-3-5-7-14(12)15-9-8-13(19-2)10-16(15)17/h8-10,12,14,18H,3-7,11H2,1-2H3. The zero-order valence-electron chi connectivity index (χ0n) is 11.9. The smallest absolute Gasteiger partial charge is 0.130 e. The Bertz CT molecular complexity index is 408. The van der Waals surface area contributed by atoms with Crippen molar-refractivity contribution in [1.29, 1.82) is 0 Å². The van der Waals surface area contributed by atoms with Gasteiger partial charge in [0.2, 0.25) is 0 Å². The van der Waals surface area contributed by atoms with Crippen LogP contribution in [0, 0.1) is 11.7 Å². The summed E-state index contributed by atoms with van der Waals surface area (Å²) in [5, 5.41) is 3.26. The Morgan fingerprint density at radius 2 is 2.05 bits per heavy atom. The van der Waals surface area contributed by atoms with Crippen molar-refractivity contribution in [3.63, 3.8) is 0 Å². The molecule has 1 aromatic rings. The van der Waals surface area contributed by atoms with Crippen LogP contribution in [-0.2, 0) is 0 Å². The molecule has 0 bridgehead atoms. The van der Waals surface area contributed by atoms with Crippen molar-refractivity contribution in [3.05, 3.63) is 29.6 Å². The number of nitrogens with one attached hydrogen (secondary N) is 1. The first-order valence-corrected chi connectivity index (χ1v) is 7.24. The average Bonchev–Trinajstić information content (AvgIpc) is 2.65. The van der Waals surface area contributed by atoms with Crippen LogP contribution >= 0.6 is 0 Å². The van der Waals surface area contributed by atoms with E-state index in [1.165, 1.54) is 31.7 Å². The summed E-state index contributed by atoms with van der Waals surface area (Å²) in [6, 6.07) is 5.29. The maximum atomic E-state index is 14.3. The molecule has 1 N–H and O–H groups in total. The van der Waals surface area contributed by atoms with Gasteiger partial charge in [-0.25, -0.2) is 4.39 Å². The van der Waals surface area contributed by atoms with Gasteiger partial charge >= 0.3 is 0 Å². The van der Waals surface area contributed by atoms with Gasteiger partial charge in [-0.3, -0.25) is 0 Å². The van der Waals surface area contributed by atoms with Crippen molar-refractivity contribution in [1.82, 2.24) is 5.32 Å². The third kappa shape index (κ3) is 3.47. The Balaban J connectivity index is 2.25. The van der Waals surface area contributed by atoms with Gasteiger partial charge in [0.25, 0.3) is 0 Å². The number of ether oxygens (including phenoxy) is 1. The molecule has 0 heterocycles. The van der Waals surface area contributed by atoms with Gasteiger partial charge in [-0.2, -0.15) is 0 Å². The zero-order valence-corrected chi connectivity index (χ0v) is 11.9. The van der Waals surface area contributed by atoms with Gasteiger partial charge in [0.05, 0.1) is 7.11 Å². The summed E-state index contributed by atoms with van der Waals surface area (Å²) in [4.78, 5) is 0. The van der Waals surface area contributed by atoms with E-state index in [1.54, 1.807) is 7.11 Å². The second-order valence-electron chi connectivity index (χ2n) is 5.45. The highest BCUT2D eigenvalue weighted by atomic mass is 19.1. The molecule has 0 aliphatic heterocycles. The minimum absolute atomic E-state index is 0.118. The van der Waals surface area contributed by atoms with Crippen LogP contribution in [0.25, 0.3) is 0 Å². The van der Waals surface area contributed by atoms with Crippen molar-refractivity contribution in [2.45, 2.75) is 38.0 Å². The highest BCUT2D eigenvalue weighted by Crippen LogP contribution is 2.38. The zero-order chi connectivity index (χ0) is 13.7. The molecule has 106 valence electrons. The number of hydrogen-bond acceptors (Lipinski definition) is 2. The lowest BCUT2D eigenvalue weighted by Gasteiger charge is -2.26. The third-order valence-electron chi connectivity index (χ3n) is 4.23. The molecule has 1 aromatic carbocycles. The lowest BCUT2D eigenvalue weighted by molar-refractivity contribution is 0.373. The second kappa shape index (κ2) is 6.90. The summed E-state index contributed by atoms with van der Waals surface area (Å²) in [5.74, 6) is 1.35. The Morgan fingerprint density at radius 1 is 1.26 bits per heavy atom. The molecule has 0 spiro atoms. The monoisotopic (exact) mass is 265 g/mol. The van der Waals surface area contributed by atoms with Crippen LogP contribution in [0.3, 0.4) is 0 Å². The summed E-state index contributed by atoms with van der Waals surface area (Å²) >= 11 is 0. The first kappa shape index (κ1) is 14.3. The van der Waals surface area contributed by atoms with Gasteiger partial charge in [-0.1, -0.05) is 25.3 Å². The van der Waals surface area contributed by atoms with Crippen LogP contribution in [-0.4, -0.2) is 20.7 Å². The first-order valence-electron chi connectivity index (χ1n) is 7.24. The summed E-state index contributed by atoms with van der Waals surface area (Å²) < 4.78 is 19.4. The predicted molar refractivity (Wildman–Crippen MR) is 76.2 cm³/mol. The predicted octanol–water partition coefficient (Wildman–Crippen LogP) is 3.72. The van der Waals surface area contributed by atoms with Crippen LogP contribution in [0.15, 0.2) is 18.2 Å². The van der Waals surface area contributed by atoms with E-state index in [9.17, 15) is 4.39 Å². The quantitative estimate of drug-likeness (QED) is 0.838. The molecule has 1 aliphatic rings. The van der Waals surface area contributed by atoms with Gasteiger partial charge < -0.3 is 10.1 Å². The first-order chi connectivity index (χ1) is 9.26. The minimum atomic E-state index is -0.118. The lowest BCUT2D eigenvalue weighted by atomic mass is 9.82. The third-order valence-corrected chi connectivity index (χ3v) is 4.23. The van der Waals surface area contributed by atoms with Crippen LogP contribution < -0.4 is 10.1 Å². The molecular weight excluding hydrogens is 241 g/mol. The fourth-order valence-corrected chi connectivity index (χ4v) is 3.24. The highest BCUT2D eigenvalue weighted by Gasteiger charge is 2.26. The van der Waals surface area contributed by atoms with Gasteiger partial charge in [0, 0.05) is 6.07 Å². The van der Waals surface area contributed by atoms with E-state index in [4.69, 9.17) is 4.74 Å². The number of rotatable bonds is 4. The van der Waals surface area contributed by atoms with E-state index >= 15 is 0 Å². The van der Waals surface area contributed by atoms with Gasteiger partial charge in [-0.05, 0) is 49.9 Å². The Labute approximate surface area is 115 Å². The number of benzene rings is 1. The summed E-state index contributed by atoms with van der Waals surface area (Å²) in [5.41, 5.74) is 0.864. The van der Waals surface area contributed by atoms with E-state index in [0.29, 0.717) is 17.6 Å². The van der Waals surface area contributed by atoms with E-state index in [-0.39, 0.29) is 5.82 Å². The van der Waals surface area contributed by atoms with Crippen LogP contribution in [0.5, 0.6) is 5.75 Å². The fourth-order valence-electron chi connectivity index (χ4n) is 3.24. The number of hydrogen-bond donors (Lipinski definition) is 1. The molecule has 0 amide bonds. The highest BCUT2D eigenvalue weighted by molar-refractivity contribution is 5.31.